The maximum absolute atomic E-state index is 14.0. The molecule has 0 spiro atoms. The summed E-state index contributed by atoms with van der Waals surface area (Å²) >= 11 is 0. The highest BCUT2D eigenvalue weighted by Crippen LogP contribution is 2.51. The summed E-state index contributed by atoms with van der Waals surface area (Å²) < 4.78 is 42.0. The molecule has 6 nitrogen and oxygen atoms in total. The minimum Gasteiger partial charge on any atom is -0.508 e. The van der Waals surface area contributed by atoms with Crippen LogP contribution in [0.2, 0.25) is 0 Å². The van der Waals surface area contributed by atoms with Crippen molar-refractivity contribution in [3.63, 3.8) is 0 Å². The third-order valence-electron chi connectivity index (χ3n) is 8.12. The zero-order chi connectivity index (χ0) is 28.8. The van der Waals surface area contributed by atoms with Crippen molar-refractivity contribution in [1.29, 1.82) is 0 Å². The third-order valence-corrected chi connectivity index (χ3v) is 10.4. The predicted octanol–water partition coefficient (Wildman–Crippen LogP) is 7.44. The minimum atomic E-state index is -3.71. The molecule has 3 atom stereocenters. The highest BCUT2D eigenvalue weighted by molar-refractivity contribution is 7.93. The number of phenolic OH excluding ortho intramolecular Hbond substituents is 1. The van der Waals surface area contributed by atoms with Crippen molar-refractivity contribution in [3.8, 4) is 11.5 Å². The highest BCUT2D eigenvalue weighted by atomic mass is 32.2. The molecule has 1 N–H and O–H groups in total. The Balaban J connectivity index is 1.40. The number of sulfonamides is 1. The largest absolute Gasteiger partial charge is 0.508 e. The van der Waals surface area contributed by atoms with E-state index in [9.17, 15) is 13.5 Å². The van der Waals surface area contributed by atoms with Gasteiger partial charge in [-0.1, -0.05) is 81.5 Å². The van der Waals surface area contributed by atoms with E-state index in [4.69, 9.17) is 9.47 Å². The van der Waals surface area contributed by atoms with E-state index in [-0.39, 0.29) is 11.9 Å². The summed E-state index contributed by atoms with van der Waals surface area (Å²) in [6, 6.07) is 24.3. The number of aromatic hydroxyl groups is 1. The molecule has 3 aromatic rings. The molecule has 1 fully saturated rings. The summed E-state index contributed by atoms with van der Waals surface area (Å²) in [4.78, 5) is 0. The van der Waals surface area contributed by atoms with Crippen LogP contribution < -0.4 is 9.04 Å². The molecule has 0 saturated carbocycles. The standard InChI is InChI=1S/C34H41NO5S/c1-3-5-6-7-8-12-23-39-29-21-17-25(18-22-29)32-30-24-31(34(40-30)33(32)26-15-19-28(36)20-16-26)41(37,38)35(4-2)27-13-10-9-11-14-27/h9-11,13-22,30-31,34,36H,3-8,12,23-24H2,1-2H3/t30-,31+,34+/m1/s1. The van der Waals surface area contributed by atoms with Crippen LogP contribution in [0, 0.1) is 0 Å². The topological polar surface area (TPSA) is 76.1 Å². The van der Waals surface area contributed by atoms with E-state index in [0.717, 1.165) is 34.4 Å². The summed E-state index contributed by atoms with van der Waals surface area (Å²) in [6.45, 7) is 5.13. The highest BCUT2D eigenvalue weighted by Gasteiger charge is 2.54. The number of rotatable bonds is 14. The second-order valence-corrected chi connectivity index (χ2v) is 13.0. The van der Waals surface area contributed by atoms with Gasteiger partial charge in [-0.05, 0) is 78.4 Å². The van der Waals surface area contributed by atoms with Crippen LogP contribution in [0.15, 0.2) is 78.9 Å². The first kappa shape index (κ1) is 29.2. The van der Waals surface area contributed by atoms with Crippen LogP contribution in [-0.4, -0.2) is 44.1 Å². The van der Waals surface area contributed by atoms with Crippen LogP contribution >= 0.6 is 0 Å². The van der Waals surface area contributed by atoms with Crippen LogP contribution in [0.5, 0.6) is 11.5 Å². The number of benzene rings is 3. The number of hydrogen-bond donors (Lipinski definition) is 1. The molecule has 41 heavy (non-hydrogen) atoms. The van der Waals surface area contributed by atoms with Crippen molar-refractivity contribution in [2.75, 3.05) is 17.5 Å². The Morgan fingerprint density at radius 3 is 2.15 bits per heavy atom. The smallest absolute Gasteiger partial charge is 0.241 e. The SMILES string of the molecule is CCCCCCCCOc1ccc(C2=C(c3ccc(O)cc3)[C@H]3O[C@@H]2C[C@@H]3S(=O)(=O)N(CC)c2ccccc2)cc1. The molecule has 2 bridgehead atoms. The van der Waals surface area contributed by atoms with Crippen molar-refractivity contribution < 1.29 is 23.0 Å². The Kier molecular flexibility index (Phi) is 9.35. The number of nitrogens with zero attached hydrogens (tertiary/aromatic N) is 1. The predicted molar refractivity (Wildman–Crippen MR) is 166 cm³/mol. The van der Waals surface area contributed by atoms with E-state index in [1.54, 1.807) is 12.1 Å². The summed E-state index contributed by atoms with van der Waals surface area (Å²) in [5, 5.41) is 9.23. The van der Waals surface area contributed by atoms with Gasteiger partial charge in [-0.15, -0.1) is 0 Å². The van der Waals surface area contributed by atoms with Crippen LogP contribution in [0.1, 0.15) is 69.9 Å². The molecule has 5 rings (SSSR count). The van der Waals surface area contributed by atoms with Crippen LogP contribution in [0.4, 0.5) is 5.69 Å². The molecule has 7 heteroatoms. The Morgan fingerprint density at radius 2 is 1.46 bits per heavy atom. The molecule has 2 heterocycles. The van der Waals surface area contributed by atoms with Crippen LogP contribution in [0.25, 0.3) is 11.1 Å². The van der Waals surface area contributed by atoms with Gasteiger partial charge in [0.05, 0.1) is 18.4 Å². The van der Waals surface area contributed by atoms with E-state index >= 15 is 0 Å². The average molecular weight is 576 g/mol. The molecule has 218 valence electrons. The van der Waals surface area contributed by atoms with Crippen molar-refractivity contribution >= 4 is 26.9 Å². The van der Waals surface area contributed by atoms with E-state index in [0.29, 0.717) is 25.3 Å². The number of phenols is 1. The summed E-state index contributed by atoms with van der Waals surface area (Å²) in [5.74, 6) is 0.998. The zero-order valence-electron chi connectivity index (χ0n) is 24.0. The molecule has 1 saturated heterocycles. The lowest BCUT2D eigenvalue weighted by atomic mass is 9.83. The van der Waals surface area contributed by atoms with Gasteiger partial charge >= 0.3 is 0 Å². The maximum atomic E-state index is 14.0. The van der Waals surface area contributed by atoms with E-state index in [1.807, 2.05) is 73.7 Å². The molecular weight excluding hydrogens is 534 g/mol. The lowest BCUT2D eigenvalue weighted by Crippen LogP contribution is -2.43. The monoisotopic (exact) mass is 575 g/mol. The summed E-state index contributed by atoms with van der Waals surface area (Å²) in [7, 11) is -3.71. The first-order valence-electron chi connectivity index (χ1n) is 14.9. The van der Waals surface area contributed by atoms with Gasteiger partial charge in [0.15, 0.2) is 0 Å². The molecule has 3 aromatic carbocycles. The Morgan fingerprint density at radius 1 is 0.829 bits per heavy atom. The summed E-state index contributed by atoms with van der Waals surface area (Å²) in [6.07, 6.45) is 6.78. The van der Waals surface area contributed by atoms with Gasteiger partial charge in [0.25, 0.3) is 0 Å². The Bertz CT molecular complexity index is 1420. The van der Waals surface area contributed by atoms with Crippen LogP contribution in [0.3, 0.4) is 0 Å². The summed E-state index contributed by atoms with van der Waals surface area (Å²) in [5.41, 5.74) is 4.40. The van der Waals surface area contributed by atoms with E-state index in [2.05, 4.69) is 6.92 Å². The van der Waals surface area contributed by atoms with Crippen molar-refractivity contribution in [1.82, 2.24) is 0 Å². The molecule has 2 aliphatic heterocycles. The van der Waals surface area contributed by atoms with Gasteiger partial charge in [0.2, 0.25) is 10.0 Å². The second kappa shape index (κ2) is 13.1. The van der Waals surface area contributed by atoms with Crippen molar-refractivity contribution in [2.45, 2.75) is 76.3 Å². The van der Waals surface area contributed by atoms with Crippen LogP contribution in [-0.2, 0) is 14.8 Å². The average Bonchev–Trinajstić information content (AvgIpc) is 3.58. The van der Waals surface area contributed by atoms with Gasteiger partial charge < -0.3 is 14.6 Å². The fourth-order valence-corrected chi connectivity index (χ4v) is 8.10. The first-order chi connectivity index (χ1) is 19.9. The van der Waals surface area contributed by atoms with Gasteiger partial charge in [0.1, 0.15) is 22.9 Å². The zero-order valence-corrected chi connectivity index (χ0v) is 24.9. The molecule has 0 amide bonds. The lowest BCUT2D eigenvalue weighted by Gasteiger charge is -2.31. The van der Waals surface area contributed by atoms with Gasteiger partial charge in [0, 0.05) is 6.54 Å². The fraction of sp³-hybridized carbons (Fsp3) is 0.412. The first-order valence-corrected chi connectivity index (χ1v) is 16.4. The van der Waals surface area contributed by atoms with E-state index in [1.165, 1.54) is 36.4 Å². The fourth-order valence-electron chi connectivity index (χ4n) is 6.07. The van der Waals surface area contributed by atoms with Crippen molar-refractivity contribution in [3.05, 3.63) is 90.0 Å². The van der Waals surface area contributed by atoms with Gasteiger partial charge in [-0.2, -0.15) is 0 Å². The van der Waals surface area contributed by atoms with E-state index < -0.39 is 21.4 Å². The third kappa shape index (κ3) is 6.31. The maximum Gasteiger partial charge on any atom is 0.241 e. The number of ether oxygens (including phenoxy) is 2. The minimum absolute atomic E-state index is 0.164. The number of fused-ring (bicyclic) bond motifs is 2. The molecular formula is C34H41NO5S. The number of para-hydroxylation sites is 1. The molecule has 0 unspecified atom stereocenters. The van der Waals surface area contributed by atoms with Gasteiger partial charge in [-0.3, -0.25) is 4.31 Å². The normalized spacial score (nSPS) is 20.0. The molecule has 0 aliphatic carbocycles. The number of hydrogen-bond acceptors (Lipinski definition) is 5. The number of anilines is 1. The second-order valence-electron chi connectivity index (χ2n) is 10.9. The quantitative estimate of drug-likeness (QED) is 0.202. The molecule has 0 radical (unpaired) electrons. The molecule has 2 aliphatic rings. The van der Waals surface area contributed by atoms with Gasteiger partial charge in [-0.25, -0.2) is 8.42 Å². The number of unbranched alkanes of at least 4 members (excludes halogenated alkanes) is 5. The molecule has 0 aromatic heterocycles. The Labute approximate surface area is 244 Å². The Hall–Kier alpha value is -3.29. The lowest BCUT2D eigenvalue weighted by molar-refractivity contribution is 0.128. The van der Waals surface area contributed by atoms with Crippen molar-refractivity contribution in [2.24, 2.45) is 0 Å².